The number of aromatic nitrogens is 2. The Morgan fingerprint density at radius 3 is 2.46 bits per heavy atom. The Balaban J connectivity index is 1.31. The molecule has 11 nitrogen and oxygen atoms in total. The molecule has 2 saturated heterocycles. The summed E-state index contributed by atoms with van der Waals surface area (Å²) in [4.78, 5) is 39.2. The van der Waals surface area contributed by atoms with Crippen LogP contribution in [0.2, 0.25) is 0 Å². The van der Waals surface area contributed by atoms with Crippen LogP contribution in [0.1, 0.15) is 51.8 Å². The first-order valence-corrected chi connectivity index (χ1v) is 13.4. The predicted molar refractivity (Wildman–Crippen MR) is 148 cm³/mol. The summed E-state index contributed by atoms with van der Waals surface area (Å²) in [6.07, 6.45) is 0.744. The van der Waals surface area contributed by atoms with Gasteiger partial charge in [-0.2, -0.15) is 4.98 Å². The molecule has 2 amide bonds. The summed E-state index contributed by atoms with van der Waals surface area (Å²) in [5, 5.41) is 3.34. The second kappa shape index (κ2) is 12.2. The van der Waals surface area contributed by atoms with Crippen LogP contribution in [0.4, 0.5) is 21.4 Å². The van der Waals surface area contributed by atoms with E-state index >= 15 is 0 Å². The van der Waals surface area contributed by atoms with Gasteiger partial charge in [0.15, 0.2) is 0 Å². The molecule has 11 heteroatoms. The van der Waals surface area contributed by atoms with Gasteiger partial charge in [-0.05, 0) is 51.8 Å². The number of rotatable bonds is 8. The van der Waals surface area contributed by atoms with Gasteiger partial charge in [-0.1, -0.05) is 24.3 Å². The molecule has 0 aliphatic carbocycles. The van der Waals surface area contributed by atoms with Gasteiger partial charge in [0, 0.05) is 46.0 Å². The summed E-state index contributed by atoms with van der Waals surface area (Å²) in [5.74, 6) is 0.897. The van der Waals surface area contributed by atoms with Gasteiger partial charge in [0.05, 0.1) is 12.1 Å². The minimum atomic E-state index is -0.482. The van der Waals surface area contributed by atoms with Crippen LogP contribution < -0.4 is 10.2 Å². The molecule has 0 bridgehead atoms. The molecule has 212 valence electrons. The van der Waals surface area contributed by atoms with Crippen LogP contribution in [-0.2, 0) is 20.8 Å². The monoisotopic (exact) mass is 540 g/mol. The minimum absolute atomic E-state index is 0.0501. The number of anilines is 2. The summed E-state index contributed by atoms with van der Waals surface area (Å²) in [7, 11) is 1.61. The van der Waals surface area contributed by atoms with Crippen molar-refractivity contribution in [2.75, 3.05) is 50.1 Å². The van der Waals surface area contributed by atoms with E-state index in [1.807, 2.05) is 34.6 Å². The zero-order valence-corrected chi connectivity index (χ0v) is 23.7. The van der Waals surface area contributed by atoms with Crippen molar-refractivity contribution in [3.8, 4) is 0 Å². The highest BCUT2D eigenvalue weighted by Gasteiger charge is 2.39. The quantitative estimate of drug-likeness (QED) is 0.530. The number of piperazine rings is 1. The average Bonchev–Trinajstić information content (AvgIpc) is 3.29. The molecule has 0 radical (unpaired) electrons. The highest BCUT2D eigenvalue weighted by atomic mass is 16.6. The Labute approximate surface area is 230 Å². The highest BCUT2D eigenvalue weighted by Crippen LogP contribution is 2.26. The Morgan fingerprint density at radius 2 is 1.82 bits per heavy atom. The molecule has 2 aliphatic heterocycles. The first kappa shape index (κ1) is 28.6. The van der Waals surface area contributed by atoms with Gasteiger partial charge in [0.1, 0.15) is 24.1 Å². The lowest BCUT2D eigenvalue weighted by molar-refractivity contribution is 0.0139. The number of benzene rings is 1. The van der Waals surface area contributed by atoms with E-state index in [1.165, 1.54) is 10.5 Å². The van der Waals surface area contributed by atoms with Crippen molar-refractivity contribution < 1.29 is 23.8 Å². The van der Waals surface area contributed by atoms with Crippen LogP contribution in [0.5, 0.6) is 0 Å². The third-order valence-corrected chi connectivity index (χ3v) is 6.96. The Morgan fingerprint density at radius 1 is 1.13 bits per heavy atom. The van der Waals surface area contributed by atoms with E-state index in [0.29, 0.717) is 24.9 Å². The van der Waals surface area contributed by atoms with Crippen molar-refractivity contribution in [2.24, 2.45) is 0 Å². The molecule has 2 aromatic rings. The molecule has 2 aliphatic rings. The smallest absolute Gasteiger partial charge is 0.416 e. The number of cyclic esters (lactones) is 1. The topological polar surface area (TPSA) is 109 Å². The van der Waals surface area contributed by atoms with Crippen LogP contribution in [0.3, 0.4) is 0 Å². The number of nitrogens with zero attached hydrogens (tertiary/aromatic N) is 5. The van der Waals surface area contributed by atoms with Gasteiger partial charge < -0.3 is 24.4 Å². The molecule has 1 aromatic carbocycles. The fourth-order valence-corrected chi connectivity index (χ4v) is 4.62. The van der Waals surface area contributed by atoms with Crippen molar-refractivity contribution >= 4 is 24.0 Å². The molecule has 1 aromatic heterocycles. The van der Waals surface area contributed by atoms with Gasteiger partial charge in [-0.25, -0.2) is 14.6 Å². The number of carbonyl (C=O) groups is 2. The molecule has 1 N–H and O–H groups in total. The molecule has 4 rings (SSSR count). The molecule has 0 saturated carbocycles. The summed E-state index contributed by atoms with van der Waals surface area (Å²) in [6.45, 7) is 13.6. The first-order chi connectivity index (χ1) is 18.5. The Kier molecular flexibility index (Phi) is 8.91. The molecular weight excluding hydrogens is 500 g/mol. The van der Waals surface area contributed by atoms with Crippen molar-refractivity contribution in [3.05, 3.63) is 47.7 Å². The fourth-order valence-electron chi connectivity index (χ4n) is 4.62. The molecule has 0 unspecified atom stereocenters. The largest absolute Gasteiger partial charge is 0.447 e. The average molecular weight is 541 g/mol. The van der Waals surface area contributed by atoms with E-state index in [1.54, 1.807) is 24.3 Å². The second-order valence-electron chi connectivity index (χ2n) is 11.0. The number of amides is 2. The third kappa shape index (κ3) is 7.36. The number of hydrogen-bond donors (Lipinski definition) is 1. The van der Waals surface area contributed by atoms with E-state index in [0.717, 1.165) is 25.2 Å². The number of ether oxygens (including phenoxy) is 3. The number of nitrogens with one attached hydrogen (secondary N) is 1. The normalized spacial score (nSPS) is 19.9. The van der Waals surface area contributed by atoms with Crippen LogP contribution in [0, 0.1) is 0 Å². The van der Waals surface area contributed by atoms with Crippen LogP contribution in [0.25, 0.3) is 0 Å². The zero-order chi connectivity index (χ0) is 28.2. The van der Waals surface area contributed by atoms with Crippen LogP contribution in [-0.4, -0.2) is 89.6 Å². The number of carbonyl (C=O) groups excluding carboxylic acids is 2. The summed E-state index contributed by atoms with van der Waals surface area (Å²) < 4.78 is 16.2. The lowest BCUT2D eigenvalue weighted by Crippen LogP contribution is -2.49. The van der Waals surface area contributed by atoms with Gasteiger partial charge >= 0.3 is 12.2 Å². The van der Waals surface area contributed by atoms with Crippen molar-refractivity contribution in [1.29, 1.82) is 0 Å². The first-order valence-electron chi connectivity index (χ1n) is 13.4. The maximum absolute atomic E-state index is 12.4. The maximum atomic E-state index is 12.4. The molecular formula is C28H40N6O5. The van der Waals surface area contributed by atoms with Gasteiger partial charge in [0.25, 0.3) is 0 Å². The maximum Gasteiger partial charge on any atom is 0.416 e. The van der Waals surface area contributed by atoms with E-state index in [-0.39, 0.29) is 30.9 Å². The minimum Gasteiger partial charge on any atom is -0.447 e. The molecule has 39 heavy (non-hydrogen) atoms. The Bertz CT molecular complexity index is 1130. The summed E-state index contributed by atoms with van der Waals surface area (Å²) >= 11 is 0. The van der Waals surface area contributed by atoms with Crippen LogP contribution >= 0.6 is 0 Å². The zero-order valence-electron chi connectivity index (χ0n) is 23.7. The molecule has 3 atom stereocenters. The second-order valence-corrected chi connectivity index (χ2v) is 11.0. The lowest BCUT2D eigenvalue weighted by Gasteiger charge is -2.35. The highest BCUT2D eigenvalue weighted by molar-refractivity contribution is 5.89. The van der Waals surface area contributed by atoms with Crippen molar-refractivity contribution in [1.82, 2.24) is 19.8 Å². The standard InChI is InChI=1S/C28H40N6O5/c1-19(30-25-29-12-11-24(31-25)34-23(20(2)37-6)18-38-27(34)36)22-9-7-21(8-10-22)17-32-13-15-33(16-14-32)26(35)39-28(3,4)5/h7-12,19-20,23H,13-18H2,1-6H3,(H,29,30,31)/t19-,20+,23+/m0/s1. The molecule has 0 spiro atoms. The van der Waals surface area contributed by atoms with Gasteiger partial charge in [-0.3, -0.25) is 9.80 Å². The van der Waals surface area contributed by atoms with E-state index in [2.05, 4.69) is 44.5 Å². The predicted octanol–water partition coefficient (Wildman–Crippen LogP) is 4.06. The summed E-state index contributed by atoms with van der Waals surface area (Å²) in [5.41, 5.74) is 1.82. The van der Waals surface area contributed by atoms with Gasteiger partial charge in [0.2, 0.25) is 5.95 Å². The number of methoxy groups -OCH3 is 1. The summed E-state index contributed by atoms with van der Waals surface area (Å²) in [6, 6.07) is 9.84. The third-order valence-electron chi connectivity index (χ3n) is 6.96. The molecule has 3 heterocycles. The fraction of sp³-hybridized carbons (Fsp3) is 0.571. The van der Waals surface area contributed by atoms with E-state index < -0.39 is 11.7 Å². The number of hydrogen-bond acceptors (Lipinski definition) is 9. The lowest BCUT2D eigenvalue weighted by atomic mass is 10.1. The van der Waals surface area contributed by atoms with E-state index in [9.17, 15) is 9.59 Å². The SMILES string of the molecule is CO[C@H](C)[C@H]1COC(=O)N1c1ccnc(N[C@@H](C)c2ccc(CN3CCN(C(=O)OC(C)(C)C)CC3)cc2)n1. The van der Waals surface area contributed by atoms with E-state index in [4.69, 9.17) is 14.2 Å². The van der Waals surface area contributed by atoms with Crippen molar-refractivity contribution in [2.45, 2.75) is 65.0 Å². The van der Waals surface area contributed by atoms with Crippen LogP contribution in [0.15, 0.2) is 36.5 Å². The van der Waals surface area contributed by atoms with Crippen molar-refractivity contribution in [3.63, 3.8) is 0 Å². The van der Waals surface area contributed by atoms with Gasteiger partial charge in [-0.15, -0.1) is 0 Å². The Hall–Kier alpha value is -3.44. The molecule has 2 fully saturated rings.